The molecule has 0 aromatic heterocycles. The molecule has 1 atom stereocenters. The molecule has 1 aliphatic heterocycles. The molecule has 0 radical (unpaired) electrons. The monoisotopic (exact) mass is 496 g/mol. The smallest absolute Gasteiger partial charge is 0.418 e. The van der Waals surface area contributed by atoms with E-state index in [9.17, 15) is 23.1 Å². The highest BCUT2D eigenvalue weighted by atomic mass is 19.4. The third-order valence-electron chi connectivity index (χ3n) is 6.33. The molecule has 0 spiro atoms. The maximum absolute atomic E-state index is 13.9. The van der Waals surface area contributed by atoms with Gasteiger partial charge in [0.25, 0.3) is 0 Å². The zero-order valence-electron chi connectivity index (χ0n) is 20.7. The van der Waals surface area contributed by atoms with Crippen LogP contribution in [0.1, 0.15) is 64.9 Å². The fraction of sp³-hybridized carbons (Fsp3) is 0.577. The lowest BCUT2D eigenvalue weighted by atomic mass is 9.83. The van der Waals surface area contributed by atoms with Crippen LogP contribution in [0.5, 0.6) is 11.5 Å². The number of benzene rings is 1. The summed E-state index contributed by atoms with van der Waals surface area (Å²) in [5.41, 5.74) is -0.00797. The van der Waals surface area contributed by atoms with Gasteiger partial charge in [0.2, 0.25) is 0 Å². The van der Waals surface area contributed by atoms with Crippen LogP contribution in [0.3, 0.4) is 0 Å². The molecule has 6 nitrogen and oxygen atoms in total. The van der Waals surface area contributed by atoms with Gasteiger partial charge in [-0.05, 0) is 84.3 Å². The van der Waals surface area contributed by atoms with Crippen molar-refractivity contribution >= 4 is 6.09 Å². The third kappa shape index (κ3) is 7.57. The number of alkyl halides is 3. The second-order valence-corrected chi connectivity index (χ2v) is 10.2. The maximum Gasteiger partial charge on any atom is 0.418 e. The number of hydrogen-bond donors (Lipinski definition) is 1. The van der Waals surface area contributed by atoms with Gasteiger partial charge in [-0.25, -0.2) is 4.79 Å². The van der Waals surface area contributed by atoms with Crippen molar-refractivity contribution < 1.29 is 32.5 Å². The molecule has 3 rings (SSSR count). The van der Waals surface area contributed by atoms with Crippen molar-refractivity contribution in [2.24, 2.45) is 5.92 Å². The molecular weight excluding hydrogens is 461 g/mol. The van der Waals surface area contributed by atoms with Gasteiger partial charge in [-0.1, -0.05) is 6.07 Å². The summed E-state index contributed by atoms with van der Waals surface area (Å²) in [4.78, 5) is 14.4. The Bertz CT molecular complexity index is 918. The van der Waals surface area contributed by atoms with Crippen LogP contribution in [0.25, 0.3) is 0 Å². The van der Waals surface area contributed by atoms with Crippen molar-refractivity contribution in [3.63, 3.8) is 0 Å². The quantitative estimate of drug-likeness (QED) is 0.467. The first-order valence-corrected chi connectivity index (χ1v) is 12.0. The highest BCUT2D eigenvalue weighted by Crippen LogP contribution is 2.36. The zero-order chi connectivity index (χ0) is 25.8. The van der Waals surface area contributed by atoms with Gasteiger partial charge in [0.05, 0.1) is 6.10 Å². The molecular formula is C26H35F3N2O4. The van der Waals surface area contributed by atoms with E-state index in [0.717, 1.165) is 35.5 Å². The molecule has 194 valence electrons. The Morgan fingerprint density at radius 1 is 1.09 bits per heavy atom. The number of rotatable bonds is 6. The van der Waals surface area contributed by atoms with E-state index < -0.39 is 23.9 Å². The first-order chi connectivity index (χ1) is 16.3. The highest BCUT2D eigenvalue weighted by molar-refractivity contribution is 5.70. The molecule has 9 heteroatoms. The molecule has 1 heterocycles. The van der Waals surface area contributed by atoms with Gasteiger partial charge in [-0.3, -0.25) is 4.90 Å². The standard InChI is InChI=1S/C26H35F3N2O4/c1-18-21(32)6-5-7-22(18)34-20-11-8-19(9-12-20)10-13-23(26(27,28)29)30-14-16-31(17-15-30)24(33)35-25(2,3)4/h5-7,14-17,19-20,23,32H,8-13H2,1-4H3/t19?,20?,23-/m0/s1. The predicted molar refractivity (Wildman–Crippen MR) is 126 cm³/mol. The van der Waals surface area contributed by atoms with Crippen molar-refractivity contribution in [3.05, 3.63) is 48.6 Å². The van der Waals surface area contributed by atoms with Crippen molar-refractivity contribution in [1.29, 1.82) is 0 Å². The van der Waals surface area contributed by atoms with Crippen LogP contribution in [0, 0.1) is 12.8 Å². The molecule has 1 aromatic carbocycles. The minimum Gasteiger partial charge on any atom is -0.508 e. The van der Waals surface area contributed by atoms with E-state index in [1.807, 2.05) is 6.07 Å². The lowest BCUT2D eigenvalue weighted by molar-refractivity contribution is -0.174. The third-order valence-corrected chi connectivity index (χ3v) is 6.33. The Balaban J connectivity index is 1.51. The first kappa shape index (κ1) is 26.8. The average molecular weight is 497 g/mol. The summed E-state index contributed by atoms with van der Waals surface area (Å²) in [7, 11) is 0. The fourth-order valence-electron chi connectivity index (χ4n) is 4.36. The fourth-order valence-corrected chi connectivity index (χ4v) is 4.36. The molecule has 1 N–H and O–H groups in total. The number of aromatic hydroxyl groups is 1. The Hall–Kier alpha value is -2.84. The van der Waals surface area contributed by atoms with E-state index in [0.29, 0.717) is 17.7 Å². The summed E-state index contributed by atoms with van der Waals surface area (Å²) >= 11 is 0. The second-order valence-electron chi connectivity index (χ2n) is 10.2. The zero-order valence-corrected chi connectivity index (χ0v) is 20.7. The summed E-state index contributed by atoms with van der Waals surface area (Å²) in [6, 6.07) is 3.49. The molecule has 0 unspecified atom stereocenters. The molecule has 0 saturated heterocycles. The maximum atomic E-state index is 13.9. The summed E-state index contributed by atoms with van der Waals surface area (Å²) in [5, 5.41) is 9.84. The van der Waals surface area contributed by atoms with Crippen molar-refractivity contribution in [1.82, 2.24) is 9.80 Å². The Morgan fingerprint density at radius 3 is 2.29 bits per heavy atom. The van der Waals surface area contributed by atoms with Crippen LogP contribution in [0.4, 0.5) is 18.0 Å². The molecule has 35 heavy (non-hydrogen) atoms. The largest absolute Gasteiger partial charge is 0.508 e. The minimum atomic E-state index is -4.41. The van der Waals surface area contributed by atoms with Crippen LogP contribution in [0.15, 0.2) is 43.0 Å². The van der Waals surface area contributed by atoms with E-state index >= 15 is 0 Å². The van der Waals surface area contributed by atoms with Crippen LogP contribution in [-0.4, -0.2) is 44.9 Å². The topological polar surface area (TPSA) is 62.2 Å². The Labute approximate surface area is 205 Å². The molecule has 1 fully saturated rings. The van der Waals surface area contributed by atoms with Gasteiger partial charge in [-0.15, -0.1) is 0 Å². The number of phenols is 1. The highest BCUT2D eigenvalue weighted by Gasteiger charge is 2.43. The van der Waals surface area contributed by atoms with Crippen molar-refractivity contribution in [2.45, 2.75) is 90.1 Å². The van der Waals surface area contributed by atoms with Gasteiger partial charge in [-0.2, -0.15) is 13.2 Å². The number of carbonyl (C=O) groups excluding carboxylic acids is 1. The van der Waals surface area contributed by atoms with Crippen molar-refractivity contribution in [3.8, 4) is 11.5 Å². The number of nitrogens with zero attached hydrogens (tertiary/aromatic N) is 2. The Kier molecular flexibility index (Phi) is 8.28. The van der Waals surface area contributed by atoms with Gasteiger partial charge < -0.3 is 19.5 Å². The van der Waals surface area contributed by atoms with Crippen LogP contribution in [-0.2, 0) is 4.74 Å². The van der Waals surface area contributed by atoms with Gasteiger partial charge in [0.15, 0.2) is 0 Å². The normalized spacial score (nSPS) is 21.7. The number of hydrogen-bond acceptors (Lipinski definition) is 5. The van der Waals surface area contributed by atoms with E-state index in [1.165, 1.54) is 24.8 Å². The van der Waals surface area contributed by atoms with E-state index in [-0.39, 0.29) is 24.2 Å². The number of phenolic OH excluding ortho intramolecular Hbond substituents is 1. The number of halogens is 3. The molecule has 1 aliphatic carbocycles. The number of carbonyl (C=O) groups is 1. The summed E-state index contributed by atoms with van der Waals surface area (Å²) in [6.07, 6.45) is 3.61. The summed E-state index contributed by atoms with van der Waals surface area (Å²) in [5.74, 6) is 1.03. The van der Waals surface area contributed by atoms with Crippen LogP contribution in [0.2, 0.25) is 0 Å². The van der Waals surface area contributed by atoms with E-state index in [2.05, 4.69) is 0 Å². The van der Waals surface area contributed by atoms with Gasteiger partial charge in [0, 0.05) is 30.4 Å². The SMILES string of the molecule is Cc1c(O)cccc1OC1CCC(CC[C@H](N2C=CN(C(=O)OC(C)(C)C)C=C2)C(F)(F)F)CC1. The van der Waals surface area contributed by atoms with Crippen LogP contribution < -0.4 is 4.74 Å². The van der Waals surface area contributed by atoms with Gasteiger partial charge >= 0.3 is 12.3 Å². The molecule has 0 bridgehead atoms. The lowest BCUT2D eigenvalue weighted by Gasteiger charge is -2.35. The predicted octanol–water partition coefficient (Wildman–Crippen LogP) is 6.84. The summed E-state index contributed by atoms with van der Waals surface area (Å²) in [6.45, 7) is 6.97. The van der Waals surface area contributed by atoms with E-state index in [4.69, 9.17) is 9.47 Å². The second kappa shape index (κ2) is 10.8. The number of amides is 1. The van der Waals surface area contributed by atoms with Gasteiger partial charge in [0.1, 0.15) is 23.1 Å². The van der Waals surface area contributed by atoms with E-state index in [1.54, 1.807) is 39.8 Å². The number of ether oxygens (including phenoxy) is 2. The Morgan fingerprint density at radius 2 is 1.71 bits per heavy atom. The molecule has 2 aliphatic rings. The lowest BCUT2D eigenvalue weighted by Crippen LogP contribution is -2.42. The molecule has 1 saturated carbocycles. The first-order valence-electron chi connectivity index (χ1n) is 12.0. The van der Waals surface area contributed by atoms with Crippen molar-refractivity contribution in [2.75, 3.05) is 0 Å². The summed E-state index contributed by atoms with van der Waals surface area (Å²) < 4.78 is 52.9. The molecule has 1 amide bonds. The minimum absolute atomic E-state index is 0.00281. The average Bonchev–Trinajstić information content (AvgIpc) is 2.76. The van der Waals surface area contributed by atoms with Crippen LogP contribution >= 0.6 is 0 Å². The molecule has 1 aromatic rings.